The number of phenolic OH excluding ortho intramolecular Hbond substituents is 1. The number of aromatic hydroxyl groups is 1. The van der Waals surface area contributed by atoms with Crippen molar-refractivity contribution in [2.45, 2.75) is 32.9 Å². The molecule has 0 radical (unpaired) electrons. The van der Waals surface area contributed by atoms with Gasteiger partial charge in [0.05, 0.1) is 16.5 Å². The Kier molecular flexibility index (Phi) is 7.24. The number of phenols is 1. The van der Waals surface area contributed by atoms with E-state index in [9.17, 15) is 29.9 Å². The first kappa shape index (κ1) is 25.4. The molecule has 1 unspecified atom stereocenters. The lowest BCUT2D eigenvalue weighted by molar-refractivity contribution is -0.385. The van der Waals surface area contributed by atoms with E-state index < -0.39 is 39.9 Å². The van der Waals surface area contributed by atoms with Crippen LogP contribution in [0.1, 0.15) is 41.6 Å². The van der Waals surface area contributed by atoms with E-state index in [2.05, 4.69) is 0 Å². The van der Waals surface area contributed by atoms with Crippen molar-refractivity contribution >= 4 is 23.1 Å². The number of hydrogen-bond donors (Lipinski definition) is 2. The highest BCUT2D eigenvalue weighted by atomic mass is 16.6. The Balaban J connectivity index is 1.75. The number of nitrogens with zero attached hydrogens (tertiary/aromatic N) is 2. The van der Waals surface area contributed by atoms with Crippen LogP contribution in [0.2, 0.25) is 0 Å². The Morgan fingerprint density at radius 2 is 1.81 bits per heavy atom. The fourth-order valence-corrected chi connectivity index (χ4v) is 4.40. The summed E-state index contributed by atoms with van der Waals surface area (Å²) in [6, 6.07) is 17.2. The van der Waals surface area contributed by atoms with Gasteiger partial charge in [0, 0.05) is 18.2 Å². The van der Waals surface area contributed by atoms with Gasteiger partial charge in [0.25, 0.3) is 11.7 Å². The molecule has 1 fully saturated rings. The quantitative estimate of drug-likeness (QED) is 0.145. The zero-order chi connectivity index (χ0) is 26.7. The summed E-state index contributed by atoms with van der Waals surface area (Å²) in [6.45, 7) is 4.18. The highest BCUT2D eigenvalue weighted by molar-refractivity contribution is 6.46. The summed E-state index contributed by atoms with van der Waals surface area (Å²) in [7, 11) is 0. The molecule has 1 aliphatic heterocycles. The molecule has 190 valence electrons. The number of amides is 1. The van der Waals surface area contributed by atoms with E-state index in [0.29, 0.717) is 29.9 Å². The molecule has 1 heterocycles. The molecule has 0 spiro atoms. The van der Waals surface area contributed by atoms with Gasteiger partial charge in [-0.15, -0.1) is 0 Å². The molecule has 9 heteroatoms. The van der Waals surface area contributed by atoms with Crippen LogP contribution in [0.15, 0.2) is 72.3 Å². The van der Waals surface area contributed by atoms with E-state index in [-0.39, 0.29) is 17.7 Å². The smallest absolute Gasteiger partial charge is 0.311 e. The third-order valence-electron chi connectivity index (χ3n) is 6.20. The number of aliphatic hydroxyl groups is 1. The summed E-state index contributed by atoms with van der Waals surface area (Å²) >= 11 is 0. The van der Waals surface area contributed by atoms with Crippen LogP contribution in [-0.2, 0) is 16.2 Å². The molecule has 0 saturated carbocycles. The number of aryl methyl sites for hydroxylation is 1. The van der Waals surface area contributed by atoms with Crippen LogP contribution in [0.25, 0.3) is 5.76 Å². The summed E-state index contributed by atoms with van der Waals surface area (Å²) in [5.74, 6) is -2.02. The summed E-state index contributed by atoms with van der Waals surface area (Å²) in [5, 5.41) is 32.5. The second-order valence-electron chi connectivity index (χ2n) is 8.75. The fourth-order valence-electron chi connectivity index (χ4n) is 4.40. The monoisotopic (exact) mass is 502 g/mol. The van der Waals surface area contributed by atoms with Gasteiger partial charge in [-0.25, -0.2) is 0 Å². The first-order valence-corrected chi connectivity index (χ1v) is 11.8. The molecule has 0 aromatic heterocycles. The lowest BCUT2D eigenvalue weighted by Gasteiger charge is -2.24. The highest BCUT2D eigenvalue weighted by Crippen LogP contribution is 2.42. The van der Waals surface area contributed by atoms with Crippen molar-refractivity contribution in [1.29, 1.82) is 0 Å². The number of benzene rings is 3. The maximum atomic E-state index is 13.1. The topological polar surface area (TPSA) is 130 Å². The van der Waals surface area contributed by atoms with Crippen LogP contribution in [0.4, 0.5) is 5.69 Å². The predicted molar refractivity (Wildman–Crippen MR) is 136 cm³/mol. The molecule has 37 heavy (non-hydrogen) atoms. The number of rotatable bonds is 8. The second kappa shape index (κ2) is 10.5. The molecule has 1 saturated heterocycles. The summed E-state index contributed by atoms with van der Waals surface area (Å²) in [6.07, 6.45) is 0.524. The molecule has 3 aromatic rings. The number of likely N-dealkylation sites (tertiary alicyclic amines) is 1. The molecule has 2 N–H and O–H groups in total. The lowest BCUT2D eigenvalue weighted by Crippen LogP contribution is -2.30. The normalized spacial score (nSPS) is 16.7. The summed E-state index contributed by atoms with van der Waals surface area (Å²) in [4.78, 5) is 37.9. The summed E-state index contributed by atoms with van der Waals surface area (Å²) < 4.78 is 5.89. The minimum atomic E-state index is -1.05. The molecular formula is C28H26N2O7. The van der Waals surface area contributed by atoms with Gasteiger partial charge in [-0.3, -0.25) is 19.7 Å². The average molecular weight is 503 g/mol. The Hall–Kier alpha value is -4.66. The van der Waals surface area contributed by atoms with Crippen molar-refractivity contribution < 1.29 is 29.5 Å². The first-order chi connectivity index (χ1) is 17.7. The largest absolute Gasteiger partial charge is 0.507 e. The van der Waals surface area contributed by atoms with Gasteiger partial charge < -0.3 is 19.8 Å². The first-order valence-electron chi connectivity index (χ1n) is 11.8. The second-order valence-corrected chi connectivity index (χ2v) is 8.75. The molecule has 9 nitrogen and oxygen atoms in total. The van der Waals surface area contributed by atoms with E-state index >= 15 is 0 Å². The van der Waals surface area contributed by atoms with Gasteiger partial charge in [0.1, 0.15) is 18.1 Å². The minimum Gasteiger partial charge on any atom is -0.507 e. The minimum absolute atomic E-state index is 0.171. The highest BCUT2D eigenvalue weighted by Gasteiger charge is 2.46. The molecule has 0 bridgehead atoms. The Morgan fingerprint density at radius 3 is 2.46 bits per heavy atom. The number of ketones is 1. The van der Waals surface area contributed by atoms with E-state index in [1.165, 1.54) is 11.0 Å². The van der Waals surface area contributed by atoms with Gasteiger partial charge in [-0.1, -0.05) is 43.3 Å². The van der Waals surface area contributed by atoms with Gasteiger partial charge in [0.2, 0.25) is 0 Å². The Morgan fingerprint density at radius 1 is 1.08 bits per heavy atom. The molecule has 1 aliphatic rings. The van der Waals surface area contributed by atoms with Crippen molar-refractivity contribution in [3.8, 4) is 11.5 Å². The third kappa shape index (κ3) is 5.02. The van der Waals surface area contributed by atoms with Crippen molar-refractivity contribution in [2.24, 2.45) is 0 Å². The molecule has 3 aromatic carbocycles. The van der Waals surface area contributed by atoms with Crippen molar-refractivity contribution in [3.05, 3.63) is 105 Å². The molecule has 4 rings (SSSR count). The SMILES string of the molecule is CCCN1C(=O)C(=O)/C(=C(\O)c2ccc(OCc3ccccc3)c(C)c2)C1c1ccc(O)c([N+](=O)[O-])c1. The number of hydrogen-bond acceptors (Lipinski definition) is 7. The number of carbonyl (C=O) groups excluding carboxylic acids is 2. The van der Waals surface area contributed by atoms with Crippen molar-refractivity contribution in [3.63, 3.8) is 0 Å². The van der Waals surface area contributed by atoms with Gasteiger partial charge in [0.15, 0.2) is 5.75 Å². The van der Waals surface area contributed by atoms with Crippen LogP contribution in [0.3, 0.4) is 0 Å². The predicted octanol–water partition coefficient (Wildman–Crippen LogP) is 5.02. The maximum Gasteiger partial charge on any atom is 0.311 e. The number of nitro groups is 1. The average Bonchev–Trinajstić information content (AvgIpc) is 3.13. The molecule has 1 amide bonds. The standard InChI is InChI=1S/C28H26N2O7/c1-3-13-29-25(19-9-11-22(31)21(15-19)30(35)36)24(27(33)28(29)34)26(32)20-10-12-23(17(2)14-20)37-16-18-7-5-4-6-8-18/h4-12,14-15,25,31-32H,3,13,16H2,1-2H3/b26-24-. The Bertz CT molecular complexity index is 1400. The van der Waals surface area contributed by atoms with Gasteiger partial charge in [-0.2, -0.15) is 0 Å². The van der Waals surface area contributed by atoms with E-state index in [0.717, 1.165) is 17.7 Å². The van der Waals surface area contributed by atoms with Crippen LogP contribution < -0.4 is 4.74 Å². The zero-order valence-corrected chi connectivity index (χ0v) is 20.4. The fraction of sp³-hybridized carbons (Fsp3) is 0.214. The lowest BCUT2D eigenvalue weighted by atomic mass is 9.94. The van der Waals surface area contributed by atoms with Crippen LogP contribution in [-0.4, -0.2) is 38.3 Å². The maximum absolute atomic E-state index is 13.1. The van der Waals surface area contributed by atoms with Crippen LogP contribution in [0, 0.1) is 17.0 Å². The number of Topliss-reactive ketones (excluding diaryl/α,β-unsaturated/α-hetero) is 1. The Labute approximate surface area is 213 Å². The van der Waals surface area contributed by atoms with Gasteiger partial charge in [-0.05, 0) is 54.3 Å². The van der Waals surface area contributed by atoms with E-state index in [1.807, 2.05) is 37.3 Å². The van der Waals surface area contributed by atoms with Crippen molar-refractivity contribution in [2.75, 3.05) is 6.54 Å². The number of aliphatic hydroxyl groups excluding tert-OH is 1. The number of ether oxygens (including phenoxy) is 1. The zero-order valence-electron chi connectivity index (χ0n) is 20.4. The molecular weight excluding hydrogens is 476 g/mol. The summed E-state index contributed by atoms with van der Waals surface area (Å²) in [5.41, 5.74) is 1.51. The van der Waals surface area contributed by atoms with E-state index in [4.69, 9.17) is 4.74 Å². The number of carbonyl (C=O) groups is 2. The number of nitro benzene ring substituents is 1. The van der Waals surface area contributed by atoms with Crippen LogP contribution in [0.5, 0.6) is 11.5 Å². The molecule has 0 aliphatic carbocycles. The van der Waals surface area contributed by atoms with Crippen LogP contribution >= 0.6 is 0 Å². The van der Waals surface area contributed by atoms with Gasteiger partial charge >= 0.3 is 5.69 Å². The molecule has 1 atom stereocenters. The third-order valence-corrected chi connectivity index (χ3v) is 6.20. The van der Waals surface area contributed by atoms with E-state index in [1.54, 1.807) is 25.1 Å². The van der Waals surface area contributed by atoms with Crippen molar-refractivity contribution in [1.82, 2.24) is 4.90 Å².